The van der Waals surface area contributed by atoms with Gasteiger partial charge in [-0.3, -0.25) is 4.85 Å². The van der Waals surface area contributed by atoms with Crippen LogP contribution in [0.4, 0.5) is 0 Å². The summed E-state index contributed by atoms with van der Waals surface area (Å²) in [6, 6.07) is 25.2. The molecule has 1 aliphatic carbocycles. The van der Waals surface area contributed by atoms with E-state index in [1.54, 1.807) is 60.7 Å². The van der Waals surface area contributed by atoms with E-state index < -0.39 is 6.04 Å². The maximum atomic E-state index is 10.0. The molecule has 1 atom stereocenters. The second-order valence-electron chi connectivity index (χ2n) is 10.4. The van der Waals surface area contributed by atoms with E-state index in [1.165, 1.54) is 0 Å². The van der Waals surface area contributed by atoms with E-state index in [2.05, 4.69) is 26.7 Å². The summed E-state index contributed by atoms with van der Waals surface area (Å²) < 4.78 is 5.60. The van der Waals surface area contributed by atoms with Gasteiger partial charge in [-0.2, -0.15) is 15.8 Å². The van der Waals surface area contributed by atoms with E-state index in [0.717, 1.165) is 29.7 Å². The predicted octanol–water partition coefficient (Wildman–Crippen LogP) is 7.50. The number of hydrogen-bond donors (Lipinski definition) is 0. The van der Waals surface area contributed by atoms with E-state index in [4.69, 9.17) is 17.9 Å². The molecule has 1 heterocycles. The van der Waals surface area contributed by atoms with Crippen molar-refractivity contribution in [2.45, 2.75) is 18.9 Å². The van der Waals surface area contributed by atoms with Crippen LogP contribution in [0.2, 0.25) is 0 Å². The van der Waals surface area contributed by atoms with Gasteiger partial charge >= 0.3 is 6.04 Å². The minimum absolute atomic E-state index is 0.151. The Morgan fingerprint density at radius 2 is 1.53 bits per heavy atom. The van der Waals surface area contributed by atoms with Gasteiger partial charge in [0.15, 0.2) is 6.07 Å². The van der Waals surface area contributed by atoms with E-state index in [9.17, 15) is 21.0 Å². The molecule has 0 aromatic heterocycles. The second kappa shape index (κ2) is 17.0. The molecule has 2 aromatic rings. The lowest BCUT2D eigenvalue weighted by molar-refractivity contribution is 0.0547. The number of morpholine rings is 1. The van der Waals surface area contributed by atoms with Crippen molar-refractivity contribution in [1.82, 2.24) is 4.90 Å². The van der Waals surface area contributed by atoms with Crippen molar-refractivity contribution < 1.29 is 4.74 Å². The summed E-state index contributed by atoms with van der Waals surface area (Å²) in [7, 11) is 0. The first-order valence-electron chi connectivity index (χ1n) is 14.9. The Kier molecular flexibility index (Phi) is 12.0. The zero-order valence-corrected chi connectivity index (χ0v) is 25.6. The maximum Gasteiger partial charge on any atom is 0.334 e. The molecule has 0 radical (unpaired) electrons. The highest BCUT2D eigenvalue weighted by molar-refractivity contribution is 5.88. The summed E-state index contributed by atoms with van der Waals surface area (Å²) in [4.78, 5) is 9.10. The molecule has 1 saturated heterocycles. The fraction of sp³-hybridized carbons (Fsp3) is 0.179. The molecule has 8 nitrogen and oxygen atoms in total. The van der Waals surface area contributed by atoms with Crippen LogP contribution in [0.5, 0.6) is 0 Å². The lowest BCUT2D eigenvalue weighted by Gasteiger charge is -2.31. The molecule has 0 amide bonds. The Morgan fingerprint density at radius 3 is 2.11 bits per heavy atom. The fourth-order valence-corrected chi connectivity index (χ4v) is 5.51. The van der Waals surface area contributed by atoms with Gasteiger partial charge in [0.2, 0.25) is 0 Å². The number of ether oxygens (including phenoxy) is 1. The molecule has 226 valence electrons. The second-order valence-corrected chi connectivity index (χ2v) is 10.4. The molecule has 0 bridgehead atoms. The van der Waals surface area contributed by atoms with Gasteiger partial charge in [0, 0.05) is 24.4 Å². The van der Waals surface area contributed by atoms with Crippen molar-refractivity contribution >= 4 is 11.1 Å². The molecule has 2 aliphatic rings. The zero-order chi connectivity index (χ0) is 33.4. The van der Waals surface area contributed by atoms with Crippen molar-refractivity contribution in [3.05, 3.63) is 165 Å². The minimum atomic E-state index is -1.11. The van der Waals surface area contributed by atoms with Crippen molar-refractivity contribution in [3.8, 4) is 24.3 Å². The van der Waals surface area contributed by atoms with E-state index >= 15 is 0 Å². The summed E-state index contributed by atoms with van der Waals surface area (Å²) in [5.74, 6) is 0. The molecule has 1 fully saturated rings. The number of allylic oxidation sites excluding steroid dienone is 12. The lowest BCUT2D eigenvalue weighted by atomic mass is 9.94. The van der Waals surface area contributed by atoms with Crippen LogP contribution in [0.1, 0.15) is 24.0 Å². The SMILES string of the molecule is [C-]#[N+]/C(C#N)=C(/C(C#N)=C/C=C/C1=C(N2CCOCC2)C(=C/C=C/C(C#N)=C(/c2ccccc2)C(C#N)[N+]#[C-])\CC1)c1ccccc1. The monoisotopic (exact) mass is 611 g/mol. The number of rotatable bonds is 9. The topological polar surface area (TPSA) is 116 Å². The highest BCUT2D eigenvalue weighted by atomic mass is 16.5. The summed E-state index contributed by atoms with van der Waals surface area (Å²) in [5.41, 5.74) is 5.44. The average molecular weight is 612 g/mol. The van der Waals surface area contributed by atoms with Gasteiger partial charge in [-0.25, -0.2) is 16.7 Å². The van der Waals surface area contributed by atoms with E-state index in [-0.39, 0.29) is 16.8 Å². The molecule has 1 unspecified atom stereocenters. The Morgan fingerprint density at radius 1 is 0.851 bits per heavy atom. The Labute approximate surface area is 275 Å². The van der Waals surface area contributed by atoms with Crippen LogP contribution in [-0.2, 0) is 4.74 Å². The summed E-state index contributed by atoms with van der Waals surface area (Å²) in [6.45, 7) is 17.6. The predicted molar refractivity (Wildman–Crippen MR) is 179 cm³/mol. The maximum absolute atomic E-state index is 10.0. The van der Waals surface area contributed by atoms with Gasteiger partial charge in [-0.1, -0.05) is 85.0 Å². The highest BCUT2D eigenvalue weighted by Crippen LogP contribution is 2.36. The molecule has 4 rings (SSSR count). The Hall–Kier alpha value is -6.68. The first-order valence-corrected chi connectivity index (χ1v) is 14.9. The first-order chi connectivity index (χ1) is 23.1. The highest BCUT2D eigenvalue weighted by Gasteiger charge is 2.26. The molecule has 0 N–H and O–H groups in total. The van der Waals surface area contributed by atoms with Crippen LogP contribution < -0.4 is 0 Å². The van der Waals surface area contributed by atoms with Crippen LogP contribution in [0.3, 0.4) is 0 Å². The van der Waals surface area contributed by atoms with Crippen LogP contribution in [0.25, 0.3) is 20.8 Å². The molecular formula is C39H29N7O. The number of nitriles is 4. The van der Waals surface area contributed by atoms with Crippen LogP contribution >= 0.6 is 0 Å². The molecule has 8 heteroatoms. The number of nitrogens with zero attached hydrogens (tertiary/aromatic N) is 7. The quantitative estimate of drug-likeness (QED) is 0.165. The Bertz CT molecular complexity index is 1930. The van der Waals surface area contributed by atoms with Gasteiger partial charge in [-0.05, 0) is 47.3 Å². The molecule has 1 aliphatic heterocycles. The van der Waals surface area contributed by atoms with Gasteiger partial charge < -0.3 is 9.64 Å². The average Bonchev–Trinajstić information content (AvgIpc) is 3.53. The molecule has 47 heavy (non-hydrogen) atoms. The lowest BCUT2D eigenvalue weighted by Crippen LogP contribution is -2.36. The summed E-state index contributed by atoms with van der Waals surface area (Å²) >= 11 is 0. The third-order valence-electron chi connectivity index (χ3n) is 7.65. The van der Waals surface area contributed by atoms with Crippen LogP contribution in [0, 0.1) is 58.5 Å². The van der Waals surface area contributed by atoms with Gasteiger partial charge in [0.05, 0.1) is 54.7 Å². The first kappa shape index (κ1) is 33.2. The molecule has 0 saturated carbocycles. The van der Waals surface area contributed by atoms with Gasteiger partial charge in [-0.15, -0.1) is 0 Å². The minimum Gasteiger partial charge on any atom is -0.378 e. The fourth-order valence-electron chi connectivity index (χ4n) is 5.51. The standard InChI is InChI=1S/C39H29N7O/c1-44-35(27-42)37(29-11-5-3-6-12-29)33(25-40)17-9-15-31-19-20-32(39(31)46-21-23-47-24-22-46)16-10-18-34(26-41)38(36(28-43)45-2)30-13-7-4-8-14-30/h3-18,35H,19-24H2/b16-10+,17-9+,31-15-,34-18+,37-33+,38-36+. The van der Waals surface area contributed by atoms with Crippen molar-refractivity contribution in [1.29, 1.82) is 21.0 Å². The third kappa shape index (κ3) is 8.08. The van der Waals surface area contributed by atoms with Crippen molar-refractivity contribution in [2.75, 3.05) is 26.3 Å². The van der Waals surface area contributed by atoms with Gasteiger partial charge in [0.25, 0.3) is 5.70 Å². The molecular weight excluding hydrogens is 582 g/mol. The van der Waals surface area contributed by atoms with Crippen molar-refractivity contribution in [2.24, 2.45) is 0 Å². The Balaban J connectivity index is 1.74. The zero-order valence-electron chi connectivity index (χ0n) is 25.6. The molecule has 0 spiro atoms. The van der Waals surface area contributed by atoms with Crippen molar-refractivity contribution in [3.63, 3.8) is 0 Å². The summed E-state index contributed by atoms with van der Waals surface area (Å²) in [6.07, 6.45) is 12.3. The van der Waals surface area contributed by atoms with E-state index in [0.29, 0.717) is 48.6 Å². The van der Waals surface area contributed by atoms with Crippen LogP contribution in [-0.4, -0.2) is 37.2 Å². The van der Waals surface area contributed by atoms with Gasteiger partial charge in [0.1, 0.15) is 0 Å². The third-order valence-corrected chi connectivity index (χ3v) is 7.65. The molecule has 2 aromatic carbocycles. The number of hydrogen-bond acceptors (Lipinski definition) is 6. The van der Waals surface area contributed by atoms with Crippen LogP contribution in [0.15, 0.2) is 131 Å². The number of benzene rings is 2. The smallest absolute Gasteiger partial charge is 0.334 e. The van der Waals surface area contributed by atoms with E-state index in [1.807, 2.05) is 48.6 Å². The largest absolute Gasteiger partial charge is 0.378 e. The summed E-state index contributed by atoms with van der Waals surface area (Å²) in [5, 5.41) is 39.3. The normalized spacial score (nSPS) is 17.5.